The number of benzene rings is 2. The molecule has 2 N–H and O–H groups in total. The molecule has 0 spiro atoms. The summed E-state index contributed by atoms with van der Waals surface area (Å²) in [5, 5.41) is 13.4. The Morgan fingerprint density at radius 3 is 2.78 bits per heavy atom. The van der Waals surface area contributed by atoms with Crippen LogP contribution in [0.15, 0.2) is 42.5 Å². The zero-order chi connectivity index (χ0) is 25.9. The highest BCUT2D eigenvalue weighted by Gasteiger charge is 2.38. The fourth-order valence-electron chi connectivity index (χ4n) is 5.23. The Hall–Kier alpha value is -2.72. The summed E-state index contributed by atoms with van der Waals surface area (Å²) in [6, 6.07) is 10.9. The average molecular weight is 532 g/mol. The van der Waals surface area contributed by atoms with E-state index in [4.69, 9.17) is 21.1 Å². The van der Waals surface area contributed by atoms with Crippen molar-refractivity contribution >= 4 is 23.4 Å². The zero-order valence-electron chi connectivity index (χ0n) is 20.4. The first-order valence-electron chi connectivity index (χ1n) is 12.7. The maximum atomic E-state index is 14.0. The molecule has 4 atom stereocenters. The lowest BCUT2D eigenvalue weighted by atomic mass is 9.99. The number of piperazine rings is 1. The van der Waals surface area contributed by atoms with Gasteiger partial charge in [0.25, 0.3) is 5.91 Å². The molecule has 5 rings (SSSR count). The summed E-state index contributed by atoms with van der Waals surface area (Å²) < 4.78 is 26.1. The Morgan fingerprint density at radius 2 is 1.95 bits per heavy atom. The largest absolute Gasteiger partial charge is 0.493 e. The minimum absolute atomic E-state index is 0.0554. The van der Waals surface area contributed by atoms with Crippen molar-refractivity contribution in [2.75, 3.05) is 32.8 Å². The number of hydrogen-bond donors (Lipinski definition) is 2. The van der Waals surface area contributed by atoms with E-state index in [1.165, 1.54) is 12.1 Å². The second-order valence-electron chi connectivity index (χ2n) is 9.82. The van der Waals surface area contributed by atoms with Crippen LogP contribution in [-0.2, 0) is 16.1 Å². The molecular weight excluding hydrogens is 501 g/mol. The lowest BCUT2D eigenvalue weighted by Crippen LogP contribution is -2.61. The number of para-hydroxylation sites is 1. The molecule has 8 nitrogen and oxygen atoms in total. The molecule has 2 bridgehead atoms. The van der Waals surface area contributed by atoms with E-state index in [-0.39, 0.29) is 36.0 Å². The van der Waals surface area contributed by atoms with Crippen LogP contribution >= 0.6 is 11.6 Å². The third-order valence-electron chi connectivity index (χ3n) is 7.29. The number of carbonyl (C=O) groups excluding carboxylic acids is 2. The highest BCUT2D eigenvalue weighted by molar-refractivity contribution is 6.30. The van der Waals surface area contributed by atoms with Crippen LogP contribution in [0.2, 0.25) is 5.02 Å². The number of aliphatic hydroxyl groups is 1. The van der Waals surface area contributed by atoms with Crippen LogP contribution in [0.1, 0.15) is 35.2 Å². The maximum Gasteiger partial charge on any atom is 0.258 e. The number of rotatable bonds is 2. The van der Waals surface area contributed by atoms with Gasteiger partial charge in [-0.3, -0.25) is 14.5 Å². The van der Waals surface area contributed by atoms with Crippen molar-refractivity contribution in [3.8, 4) is 5.75 Å². The average Bonchev–Trinajstić information content (AvgIpc) is 2.90. The van der Waals surface area contributed by atoms with Crippen LogP contribution in [0.3, 0.4) is 0 Å². The van der Waals surface area contributed by atoms with Gasteiger partial charge in [-0.1, -0.05) is 29.8 Å². The molecule has 3 aliphatic heterocycles. The number of ether oxygens (including phenoxy) is 2. The third-order valence-corrected chi connectivity index (χ3v) is 7.60. The van der Waals surface area contributed by atoms with Gasteiger partial charge in [0.05, 0.1) is 29.4 Å². The normalized spacial score (nSPS) is 27.4. The van der Waals surface area contributed by atoms with Crippen LogP contribution in [0.4, 0.5) is 4.39 Å². The van der Waals surface area contributed by atoms with Crippen molar-refractivity contribution in [3.63, 3.8) is 0 Å². The molecule has 2 saturated heterocycles. The molecule has 0 saturated carbocycles. The van der Waals surface area contributed by atoms with Crippen molar-refractivity contribution in [2.45, 2.75) is 50.2 Å². The molecule has 0 aromatic heterocycles. The Bertz CT molecular complexity index is 1150. The van der Waals surface area contributed by atoms with Gasteiger partial charge in [0.2, 0.25) is 5.91 Å². The summed E-state index contributed by atoms with van der Waals surface area (Å²) in [4.78, 5) is 30.8. The molecule has 2 amide bonds. The molecule has 0 radical (unpaired) electrons. The van der Waals surface area contributed by atoms with E-state index in [0.29, 0.717) is 56.8 Å². The van der Waals surface area contributed by atoms with E-state index in [2.05, 4.69) is 5.32 Å². The quantitative estimate of drug-likeness (QED) is 0.619. The Morgan fingerprint density at radius 1 is 1.11 bits per heavy atom. The Labute approximate surface area is 220 Å². The second-order valence-corrected chi connectivity index (χ2v) is 10.2. The smallest absolute Gasteiger partial charge is 0.258 e. The van der Waals surface area contributed by atoms with Gasteiger partial charge in [0, 0.05) is 39.1 Å². The summed E-state index contributed by atoms with van der Waals surface area (Å²) in [5.74, 6) is -0.630. The van der Waals surface area contributed by atoms with Crippen LogP contribution in [0, 0.1) is 5.82 Å². The van der Waals surface area contributed by atoms with Gasteiger partial charge in [0.15, 0.2) is 0 Å². The van der Waals surface area contributed by atoms with Gasteiger partial charge >= 0.3 is 0 Å². The minimum atomic E-state index is -0.786. The van der Waals surface area contributed by atoms with Gasteiger partial charge < -0.3 is 24.8 Å². The number of nitrogens with zero attached hydrogens (tertiary/aromatic N) is 2. The van der Waals surface area contributed by atoms with E-state index in [1.807, 2.05) is 11.0 Å². The van der Waals surface area contributed by atoms with E-state index < -0.39 is 24.1 Å². The van der Waals surface area contributed by atoms with Gasteiger partial charge in [-0.2, -0.15) is 0 Å². The number of nitrogens with one attached hydrogen (secondary N) is 1. The number of halogens is 2. The maximum absolute atomic E-state index is 14.0. The standard InChI is InChI=1S/C27H31ClFN3O5/c28-20-7-5-17(13-21(20)29)15-31-10-11-32-22(16-31)26(34)30-14-25-23(33)8-6-18(37-25)9-12-36-24-4-2-1-3-19(24)27(32)35/h1-5,7,13,18,22-23,25,33H,6,8-12,14-16H2,(H,30,34)/t18-,22-,23-,25+/m0/s1. The molecule has 0 unspecified atom stereocenters. The molecular formula is C27H31ClFN3O5. The van der Waals surface area contributed by atoms with Crippen molar-refractivity contribution in [1.82, 2.24) is 15.1 Å². The topological polar surface area (TPSA) is 91.3 Å². The van der Waals surface area contributed by atoms with Crippen molar-refractivity contribution < 1.29 is 28.6 Å². The Kier molecular flexibility index (Phi) is 7.95. The summed E-state index contributed by atoms with van der Waals surface area (Å²) in [6.07, 6.45) is 0.600. The molecule has 37 heavy (non-hydrogen) atoms. The van der Waals surface area contributed by atoms with Crippen LogP contribution in [-0.4, -0.2) is 83.9 Å². The SMILES string of the molecule is O=C1NC[C@H]2O[C@H](CCOc3ccccc3C(=O)N3CCN(Cc4ccc(Cl)c(F)c4)C[C@@H]13)CC[C@@H]2O. The number of aliphatic hydroxyl groups excluding tert-OH is 1. The molecule has 3 aliphatic rings. The van der Waals surface area contributed by atoms with Crippen molar-refractivity contribution in [3.05, 3.63) is 64.4 Å². The van der Waals surface area contributed by atoms with Crippen molar-refractivity contribution in [1.29, 1.82) is 0 Å². The fraction of sp³-hybridized carbons (Fsp3) is 0.481. The molecule has 10 heteroatoms. The zero-order valence-corrected chi connectivity index (χ0v) is 21.2. The van der Waals surface area contributed by atoms with Gasteiger partial charge in [0.1, 0.15) is 23.7 Å². The summed E-state index contributed by atoms with van der Waals surface area (Å²) in [6.45, 7) is 2.02. The third kappa shape index (κ3) is 5.90. The van der Waals surface area contributed by atoms with Gasteiger partial charge in [-0.25, -0.2) is 4.39 Å². The minimum Gasteiger partial charge on any atom is -0.493 e. The summed E-state index contributed by atoms with van der Waals surface area (Å²) in [7, 11) is 0. The summed E-state index contributed by atoms with van der Waals surface area (Å²) >= 11 is 5.82. The molecule has 0 aliphatic carbocycles. The monoisotopic (exact) mass is 531 g/mol. The van der Waals surface area contributed by atoms with E-state index in [0.717, 1.165) is 5.56 Å². The van der Waals surface area contributed by atoms with Crippen LogP contribution in [0.5, 0.6) is 5.75 Å². The highest BCUT2D eigenvalue weighted by Crippen LogP contribution is 2.26. The molecule has 3 heterocycles. The fourth-order valence-corrected chi connectivity index (χ4v) is 5.35. The number of amides is 2. The van der Waals surface area contributed by atoms with Crippen LogP contribution in [0.25, 0.3) is 0 Å². The van der Waals surface area contributed by atoms with Crippen LogP contribution < -0.4 is 10.1 Å². The lowest BCUT2D eigenvalue weighted by molar-refractivity contribution is -0.135. The second kappa shape index (κ2) is 11.3. The predicted octanol–water partition coefficient (Wildman–Crippen LogP) is 2.61. The van der Waals surface area contributed by atoms with E-state index in [1.54, 1.807) is 29.2 Å². The first-order valence-corrected chi connectivity index (χ1v) is 13.1. The number of hydrogen-bond acceptors (Lipinski definition) is 6. The van der Waals surface area contributed by atoms with Gasteiger partial charge in [-0.15, -0.1) is 0 Å². The lowest BCUT2D eigenvalue weighted by Gasteiger charge is -2.41. The molecule has 2 aromatic carbocycles. The summed E-state index contributed by atoms with van der Waals surface area (Å²) in [5.41, 5.74) is 1.13. The molecule has 198 valence electrons. The molecule has 2 fully saturated rings. The number of carbonyl (C=O) groups is 2. The highest BCUT2D eigenvalue weighted by atomic mass is 35.5. The van der Waals surface area contributed by atoms with E-state index in [9.17, 15) is 19.1 Å². The van der Waals surface area contributed by atoms with E-state index >= 15 is 0 Å². The van der Waals surface area contributed by atoms with Crippen molar-refractivity contribution in [2.24, 2.45) is 0 Å². The molecule has 2 aromatic rings. The number of fused-ring (bicyclic) bond motifs is 4. The van der Waals surface area contributed by atoms with Gasteiger partial charge in [-0.05, 0) is 42.7 Å². The predicted molar refractivity (Wildman–Crippen MR) is 135 cm³/mol. The Balaban J connectivity index is 1.41. The first kappa shape index (κ1) is 25.9. The first-order chi connectivity index (χ1) is 17.9.